The van der Waals surface area contributed by atoms with Crippen molar-refractivity contribution >= 4 is 11.7 Å². The van der Waals surface area contributed by atoms with E-state index in [1.165, 1.54) is 0 Å². The van der Waals surface area contributed by atoms with E-state index >= 15 is 0 Å². The van der Waals surface area contributed by atoms with E-state index in [-0.39, 0.29) is 23.6 Å². The van der Waals surface area contributed by atoms with Gasteiger partial charge in [-0.25, -0.2) is 4.79 Å². The molecule has 2 heterocycles. The highest BCUT2D eigenvalue weighted by Crippen LogP contribution is 2.42. The number of nitriles is 1. The van der Waals surface area contributed by atoms with Crippen molar-refractivity contribution in [3.05, 3.63) is 83.0 Å². The zero-order valence-electron chi connectivity index (χ0n) is 14.2. The van der Waals surface area contributed by atoms with Crippen LogP contribution in [0.25, 0.3) is 5.76 Å². The summed E-state index contributed by atoms with van der Waals surface area (Å²) in [6.45, 7) is 1.93. The third kappa shape index (κ3) is 3.15. The lowest BCUT2D eigenvalue weighted by molar-refractivity contribution is -0.138. The number of nitrogens with two attached hydrogens (primary N) is 1. The number of ether oxygens (including phenoxy) is 2. The summed E-state index contributed by atoms with van der Waals surface area (Å²) in [4.78, 5) is 16.8. The maximum atomic E-state index is 12.8. The van der Waals surface area contributed by atoms with E-state index in [0.717, 1.165) is 0 Å². The molecule has 130 valence electrons. The van der Waals surface area contributed by atoms with E-state index in [9.17, 15) is 10.1 Å². The zero-order chi connectivity index (χ0) is 18.5. The number of nitrogens with zero attached hydrogens (tertiary/aromatic N) is 2. The standard InChI is InChI=1S/C20H17N3O3/c1-2-25-20(24)17-16(13-8-10-23-11-9-13)15(12-21)19(22)26-18(17)14-6-4-3-5-7-14/h3-11,16H,2,22H2,1H3. The fourth-order valence-electron chi connectivity index (χ4n) is 2.87. The average molecular weight is 347 g/mol. The second-order valence-corrected chi connectivity index (χ2v) is 5.53. The molecule has 0 aliphatic carbocycles. The minimum Gasteiger partial charge on any atom is -0.463 e. The second kappa shape index (κ2) is 7.53. The van der Waals surface area contributed by atoms with Crippen molar-refractivity contribution in [2.45, 2.75) is 12.8 Å². The number of carbonyl (C=O) groups is 1. The van der Waals surface area contributed by atoms with Gasteiger partial charge in [0.25, 0.3) is 0 Å². The first-order valence-corrected chi connectivity index (χ1v) is 8.11. The monoisotopic (exact) mass is 347 g/mol. The molecule has 1 atom stereocenters. The Morgan fingerprint density at radius 1 is 1.27 bits per heavy atom. The van der Waals surface area contributed by atoms with Gasteiger partial charge < -0.3 is 15.2 Å². The quantitative estimate of drug-likeness (QED) is 0.854. The van der Waals surface area contributed by atoms with Crippen LogP contribution in [0, 0.1) is 11.3 Å². The summed E-state index contributed by atoms with van der Waals surface area (Å²) in [5.41, 5.74) is 7.81. The first kappa shape index (κ1) is 17.2. The lowest BCUT2D eigenvalue weighted by atomic mass is 9.82. The Kier molecular flexibility index (Phi) is 4.99. The van der Waals surface area contributed by atoms with Crippen LogP contribution in [0.1, 0.15) is 24.0 Å². The highest BCUT2D eigenvalue weighted by Gasteiger charge is 2.38. The minimum atomic E-state index is -0.689. The van der Waals surface area contributed by atoms with E-state index in [2.05, 4.69) is 11.1 Å². The van der Waals surface area contributed by atoms with Crippen LogP contribution in [0.2, 0.25) is 0 Å². The number of benzene rings is 1. The molecular weight excluding hydrogens is 330 g/mol. The summed E-state index contributed by atoms with van der Waals surface area (Å²) >= 11 is 0. The maximum absolute atomic E-state index is 12.8. The molecule has 1 aromatic carbocycles. The summed E-state index contributed by atoms with van der Waals surface area (Å²) in [5, 5.41) is 9.62. The molecule has 0 spiro atoms. The molecule has 3 rings (SSSR count). The van der Waals surface area contributed by atoms with Crippen LogP contribution in [0.4, 0.5) is 0 Å². The maximum Gasteiger partial charge on any atom is 0.338 e. The molecule has 26 heavy (non-hydrogen) atoms. The van der Waals surface area contributed by atoms with Crippen molar-refractivity contribution in [1.82, 2.24) is 4.98 Å². The Balaban J connectivity index is 2.27. The Morgan fingerprint density at radius 3 is 2.58 bits per heavy atom. The average Bonchev–Trinajstić information content (AvgIpc) is 2.68. The number of esters is 1. The van der Waals surface area contributed by atoms with Gasteiger partial charge in [-0.3, -0.25) is 4.98 Å². The van der Waals surface area contributed by atoms with E-state index in [1.54, 1.807) is 31.5 Å². The Bertz CT molecular complexity index is 912. The largest absolute Gasteiger partial charge is 0.463 e. The molecule has 2 N–H and O–H groups in total. The van der Waals surface area contributed by atoms with Crippen LogP contribution in [0.5, 0.6) is 0 Å². The number of allylic oxidation sites excluding steroid dienone is 1. The smallest absolute Gasteiger partial charge is 0.338 e. The number of hydrogen-bond acceptors (Lipinski definition) is 6. The van der Waals surface area contributed by atoms with Gasteiger partial charge in [0.15, 0.2) is 0 Å². The molecule has 1 aromatic heterocycles. The second-order valence-electron chi connectivity index (χ2n) is 5.53. The van der Waals surface area contributed by atoms with Crippen molar-refractivity contribution < 1.29 is 14.3 Å². The van der Waals surface area contributed by atoms with Crippen LogP contribution in [-0.2, 0) is 14.3 Å². The first-order chi connectivity index (χ1) is 12.7. The summed E-state index contributed by atoms with van der Waals surface area (Å²) < 4.78 is 11.0. The van der Waals surface area contributed by atoms with E-state index in [4.69, 9.17) is 15.2 Å². The summed E-state index contributed by atoms with van der Waals surface area (Å²) in [6, 6.07) is 14.7. The van der Waals surface area contributed by atoms with Gasteiger partial charge in [0.05, 0.1) is 18.1 Å². The third-order valence-corrected chi connectivity index (χ3v) is 3.99. The van der Waals surface area contributed by atoms with Crippen molar-refractivity contribution in [2.75, 3.05) is 6.61 Å². The molecular formula is C20H17N3O3. The van der Waals surface area contributed by atoms with Gasteiger partial charge in [-0.1, -0.05) is 30.3 Å². The van der Waals surface area contributed by atoms with Crippen molar-refractivity contribution in [1.29, 1.82) is 5.26 Å². The number of aromatic nitrogens is 1. The van der Waals surface area contributed by atoms with E-state index < -0.39 is 11.9 Å². The van der Waals surface area contributed by atoms with Crippen LogP contribution in [0.3, 0.4) is 0 Å². The Morgan fingerprint density at radius 2 is 1.96 bits per heavy atom. The van der Waals surface area contributed by atoms with Crippen LogP contribution in [0.15, 0.2) is 71.9 Å². The highest BCUT2D eigenvalue weighted by atomic mass is 16.5. The predicted molar refractivity (Wildman–Crippen MR) is 94.9 cm³/mol. The predicted octanol–water partition coefficient (Wildman–Crippen LogP) is 2.86. The van der Waals surface area contributed by atoms with Crippen LogP contribution >= 0.6 is 0 Å². The third-order valence-electron chi connectivity index (χ3n) is 3.99. The van der Waals surface area contributed by atoms with Gasteiger partial charge in [-0.2, -0.15) is 5.26 Å². The van der Waals surface area contributed by atoms with Gasteiger partial charge in [-0.15, -0.1) is 0 Å². The fraction of sp³-hybridized carbons (Fsp3) is 0.150. The lowest BCUT2D eigenvalue weighted by Gasteiger charge is -2.28. The van der Waals surface area contributed by atoms with Crippen LogP contribution < -0.4 is 5.73 Å². The van der Waals surface area contributed by atoms with Crippen LogP contribution in [-0.4, -0.2) is 17.6 Å². The molecule has 0 radical (unpaired) electrons. The molecule has 1 unspecified atom stereocenters. The van der Waals surface area contributed by atoms with Gasteiger partial charge in [-0.05, 0) is 24.6 Å². The molecule has 0 fully saturated rings. The topological polar surface area (TPSA) is 98.2 Å². The molecule has 6 nitrogen and oxygen atoms in total. The molecule has 0 saturated carbocycles. The Hall–Kier alpha value is -3.59. The molecule has 6 heteroatoms. The van der Waals surface area contributed by atoms with Crippen molar-refractivity contribution in [3.8, 4) is 6.07 Å². The number of pyridine rings is 1. The van der Waals surface area contributed by atoms with E-state index in [0.29, 0.717) is 16.9 Å². The first-order valence-electron chi connectivity index (χ1n) is 8.11. The lowest BCUT2D eigenvalue weighted by Crippen LogP contribution is -2.25. The van der Waals surface area contributed by atoms with Gasteiger partial charge >= 0.3 is 5.97 Å². The van der Waals surface area contributed by atoms with Gasteiger partial charge in [0.2, 0.25) is 5.88 Å². The minimum absolute atomic E-state index is 0.0267. The molecule has 1 aliphatic heterocycles. The normalized spacial score (nSPS) is 16.7. The number of rotatable bonds is 4. The SMILES string of the molecule is CCOC(=O)C1=C(c2ccccc2)OC(N)=C(C#N)C1c1ccncc1. The number of hydrogen-bond donors (Lipinski definition) is 1. The molecule has 0 bridgehead atoms. The van der Waals surface area contributed by atoms with Gasteiger partial charge in [0.1, 0.15) is 17.4 Å². The highest BCUT2D eigenvalue weighted by molar-refractivity contribution is 5.99. The molecule has 1 aliphatic rings. The summed E-state index contributed by atoms with van der Waals surface area (Å²) in [6.07, 6.45) is 3.20. The number of carbonyl (C=O) groups excluding carboxylic acids is 1. The zero-order valence-corrected chi connectivity index (χ0v) is 14.2. The molecule has 2 aromatic rings. The summed E-state index contributed by atoms with van der Waals surface area (Å²) in [7, 11) is 0. The van der Waals surface area contributed by atoms with E-state index in [1.807, 2.05) is 30.3 Å². The Labute approximate surface area is 151 Å². The fourth-order valence-corrected chi connectivity index (χ4v) is 2.87. The van der Waals surface area contributed by atoms with Crippen molar-refractivity contribution in [3.63, 3.8) is 0 Å². The summed E-state index contributed by atoms with van der Waals surface area (Å²) in [5.74, 6) is -0.969. The molecule has 0 amide bonds. The van der Waals surface area contributed by atoms with Crippen molar-refractivity contribution in [2.24, 2.45) is 5.73 Å². The molecule has 0 saturated heterocycles. The van der Waals surface area contributed by atoms with Gasteiger partial charge in [0, 0.05) is 18.0 Å².